The van der Waals surface area contributed by atoms with Crippen LogP contribution in [0, 0.1) is 13.8 Å². The average molecular weight is 315 g/mol. The molecule has 0 fully saturated rings. The molecule has 0 spiro atoms. The molecule has 0 saturated carbocycles. The van der Waals surface area contributed by atoms with Crippen molar-refractivity contribution in [2.45, 2.75) is 45.9 Å². The van der Waals surface area contributed by atoms with E-state index in [1.807, 2.05) is 25.6 Å². The van der Waals surface area contributed by atoms with Gasteiger partial charge in [-0.25, -0.2) is 9.98 Å². The van der Waals surface area contributed by atoms with Gasteiger partial charge in [0.15, 0.2) is 5.96 Å². The van der Waals surface area contributed by atoms with Crippen molar-refractivity contribution in [3.63, 3.8) is 0 Å². The molecule has 0 aliphatic carbocycles. The summed E-state index contributed by atoms with van der Waals surface area (Å²) < 4.78 is 0.202. The second-order valence-corrected chi connectivity index (χ2v) is 8.06. The van der Waals surface area contributed by atoms with Gasteiger partial charge in [0.05, 0.1) is 17.2 Å². The Balaban J connectivity index is 2.65. The number of hydrogen-bond donors (Lipinski definition) is 2. The molecule has 1 aromatic heterocycles. The lowest BCUT2D eigenvalue weighted by Crippen LogP contribution is -2.43. The molecule has 0 amide bonds. The Morgan fingerprint density at radius 3 is 2.55 bits per heavy atom. The number of guanidine groups is 1. The lowest BCUT2D eigenvalue weighted by atomic mass is 10.2. The maximum Gasteiger partial charge on any atom is 0.191 e. The van der Waals surface area contributed by atoms with Gasteiger partial charge in [0.25, 0.3) is 0 Å². The van der Waals surface area contributed by atoms with Gasteiger partial charge in [0.1, 0.15) is 0 Å². The van der Waals surface area contributed by atoms with E-state index in [2.05, 4.69) is 47.6 Å². The lowest BCUT2D eigenvalue weighted by molar-refractivity contribution is 0.665. The second kappa shape index (κ2) is 7.88. The zero-order valence-electron chi connectivity index (χ0n) is 13.3. The standard InChI is InChI=1S/C14H26N4S2/c1-7-15-13(17-9-14(4,5)19-6)16-8-12-10(2)18-11(3)20-12/h7-9H2,1-6H3,(H2,15,16,17). The number of aromatic nitrogens is 1. The van der Waals surface area contributed by atoms with Crippen molar-refractivity contribution in [2.75, 3.05) is 19.3 Å². The molecular weight excluding hydrogens is 288 g/mol. The van der Waals surface area contributed by atoms with Gasteiger partial charge in [-0.1, -0.05) is 0 Å². The van der Waals surface area contributed by atoms with E-state index in [1.165, 1.54) is 4.88 Å². The van der Waals surface area contributed by atoms with Crippen LogP contribution < -0.4 is 10.6 Å². The van der Waals surface area contributed by atoms with Crippen LogP contribution in [0.1, 0.15) is 36.3 Å². The number of thioether (sulfide) groups is 1. The number of thiazole rings is 1. The van der Waals surface area contributed by atoms with Crippen molar-refractivity contribution in [1.82, 2.24) is 15.6 Å². The van der Waals surface area contributed by atoms with Crippen molar-refractivity contribution in [2.24, 2.45) is 4.99 Å². The van der Waals surface area contributed by atoms with Gasteiger partial charge < -0.3 is 10.6 Å². The number of nitrogens with zero attached hydrogens (tertiary/aromatic N) is 2. The highest BCUT2D eigenvalue weighted by molar-refractivity contribution is 7.99. The maximum atomic E-state index is 4.65. The van der Waals surface area contributed by atoms with Crippen LogP contribution in [0.5, 0.6) is 0 Å². The van der Waals surface area contributed by atoms with Crippen LogP contribution >= 0.6 is 23.1 Å². The Labute approximate surface area is 130 Å². The molecule has 0 aliphatic rings. The fraction of sp³-hybridized carbons (Fsp3) is 0.714. The summed E-state index contributed by atoms with van der Waals surface area (Å²) in [5.41, 5.74) is 1.09. The molecule has 2 N–H and O–H groups in total. The molecular formula is C14H26N4S2. The van der Waals surface area contributed by atoms with Crippen molar-refractivity contribution < 1.29 is 0 Å². The van der Waals surface area contributed by atoms with E-state index in [9.17, 15) is 0 Å². The van der Waals surface area contributed by atoms with Crippen molar-refractivity contribution >= 4 is 29.1 Å². The van der Waals surface area contributed by atoms with E-state index in [1.54, 1.807) is 11.3 Å². The monoisotopic (exact) mass is 314 g/mol. The smallest absolute Gasteiger partial charge is 0.191 e. The minimum atomic E-state index is 0.202. The van der Waals surface area contributed by atoms with Crippen LogP contribution in [0.4, 0.5) is 0 Å². The van der Waals surface area contributed by atoms with E-state index in [0.717, 1.165) is 29.8 Å². The molecule has 1 rings (SSSR count). The fourth-order valence-corrected chi connectivity index (χ4v) is 2.66. The average Bonchev–Trinajstić information content (AvgIpc) is 2.71. The zero-order valence-corrected chi connectivity index (χ0v) is 15.0. The van der Waals surface area contributed by atoms with Crippen LogP contribution in [0.3, 0.4) is 0 Å². The lowest BCUT2D eigenvalue weighted by Gasteiger charge is -2.23. The minimum absolute atomic E-state index is 0.202. The summed E-state index contributed by atoms with van der Waals surface area (Å²) in [5.74, 6) is 0.875. The third-order valence-electron chi connectivity index (χ3n) is 2.96. The molecule has 114 valence electrons. The maximum absolute atomic E-state index is 4.65. The minimum Gasteiger partial charge on any atom is -0.357 e. The fourth-order valence-electron chi connectivity index (χ4n) is 1.58. The SMILES string of the molecule is CCNC(=NCc1sc(C)nc1C)NCC(C)(C)SC. The molecule has 1 aromatic rings. The Hall–Kier alpha value is -0.750. The predicted octanol–water partition coefficient (Wildman–Crippen LogP) is 2.96. The predicted molar refractivity (Wildman–Crippen MR) is 92.0 cm³/mol. The summed E-state index contributed by atoms with van der Waals surface area (Å²) in [5, 5.41) is 7.81. The number of aliphatic imine (C=N–C) groups is 1. The molecule has 0 saturated heterocycles. The first-order valence-electron chi connectivity index (χ1n) is 6.88. The third-order valence-corrected chi connectivity index (χ3v) is 5.27. The van der Waals surface area contributed by atoms with Gasteiger partial charge in [0.2, 0.25) is 0 Å². The van der Waals surface area contributed by atoms with E-state index >= 15 is 0 Å². The van der Waals surface area contributed by atoms with Gasteiger partial charge >= 0.3 is 0 Å². The first-order valence-corrected chi connectivity index (χ1v) is 8.92. The van der Waals surface area contributed by atoms with E-state index in [0.29, 0.717) is 6.54 Å². The van der Waals surface area contributed by atoms with Crippen molar-refractivity contribution in [3.8, 4) is 0 Å². The Kier molecular flexibility index (Phi) is 6.82. The third kappa shape index (κ3) is 5.71. The summed E-state index contributed by atoms with van der Waals surface area (Å²) >= 11 is 3.58. The van der Waals surface area contributed by atoms with E-state index < -0.39 is 0 Å². The quantitative estimate of drug-likeness (QED) is 0.626. The molecule has 1 heterocycles. The number of aryl methyl sites for hydroxylation is 2. The molecule has 0 atom stereocenters. The van der Waals surface area contributed by atoms with Gasteiger partial charge in [-0.2, -0.15) is 11.8 Å². The number of rotatable bonds is 6. The van der Waals surface area contributed by atoms with Gasteiger partial charge in [-0.05, 0) is 40.9 Å². The van der Waals surface area contributed by atoms with Crippen LogP contribution in [0.15, 0.2) is 4.99 Å². The molecule has 0 radical (unpaired) electrons. The molecule has 0 aromatic carbocycles. The summed E-state index contributed by atoms with van der Waals surface area (Å²) in [4.78, 5) is 10.3. The Morgan fingerprint density at radius 2 is 2.05 bits per heavy atom. The molecule has 4 nitrogen and oxygen atoms in total. The Bertz CT molecular complexity index is 452. The summed E-state index contributed by atoms with van der Waals surface area (Å²) in [6.07, 6.45) is 2.13. The highest BCUT2D eigenvalue weighted by Gasteiger charge is 2.16. The molecule has 0 aliphatic heterocycles. The van der Waals surface area contributed by atoms with Crippen LogP contribution in [0.25, 0.3) is 0 Å². The first-order chi connectivity index (χ1) is 9.38. The van der Waals surface area contributed by atoms with Gasteiger partial charge in [-0.15, -0.1) is 11.3 Å². The molecule has 0 bridgehead atoms. The number of hydrogen-bond acceptors (Lipinski definition) is 4. The van der Waals surface area contributed by atoms with Crippen LogP contribution in [-0.2, 0) is 6.54 Å². The van der Waals surface area contributed by atoms with Gasteiger partial charge in [-0.3, -0.25) is 0 Å². The highest BCUT2D eigenvalue weighted by atomic mass is 32.2. The van der Waals surface area contributed by atoms with Crippen molar-refractivity contribution in [3.05, 3.63) is 15.6 Å². The summed E-state index contributed by atoms with van der Waals surface area (Å²) in [6.45, 7) is 13.1. The summed E-state index contributed by atoms with van der Waals surface area (Å²) in [7, 11) is 0. The largest absolute Gasteiger partial charge is 0.357 e. The summed E-state index contributed by atoms with van der Waals surface area (Å²) in [6, 6.07) is 0. The normalized spacial score (nSPS) is 12.6. The van der Waals surface area contributed by atoms with Crippen molar-refractivity contribution in [1.29, 1.82) is 0 Å². The highest BCUT2D eigenvalue weighted by Crippen LogP contribution is 2.20. The topological polar surface area (TPSA) is 49.3 Å². The second-order valence-electron chi connectivity index (χ2n) is 5.25. The van der Waals surface area contributed by atoms with Crippen LogP contribution in [-0.4, -0.2) is 35.0 Å². The first kappa shape index (κ1) is 17.3. The zero-order chi connectivity index (χ0) is 15.2. The molecule has 20 heavy (non-hydrogen) atoms. The van der Waals surface area contributed by atoms with Gasteiger partial charge in [0, 0.05) is 22.7 Å². The number of nitrogens with one attached hydrogen (secondary N) is 2. The Morgan fingerprint density at radius 1 is 1.35 bits per heavy atom. The molecule has 0 unspecified atom stereocenters. The van der Waals surface area contributed by atoms with E-state index in [-0.39, 0.29) is 4.75 Å². The van der Waals surface area contributed by atoms with Crippen LogP contribution in [0.2, 0.25) is 0 Å². The van der Waals surface area contributed by atoms with E-state index in [4.69, 9.17) is 0 Å². The molecule has 6 heteroatoms.